The van der Waals surface area contributed by atoms with Gasteiger partial charge in [0, 0.05) is 28.9 Å². The Balaban J connectivity index is 1.77. The van der Waals surface area contributed by atoms with Crippen LogP contribution in [0.4, 0.5) is 15.9 Å². The number of anilines is 2. The predicted molar refractivity (Wildman–Crippen MR) is 104 cm³/mol. The number of hydrogen-bond acceptors (Lipinski definition) is 4. The minimum Gasteiger partial charge on any atom is -0.347 e. The zero-order valence-corrected chi connectivity index (χ0v) is 15.6. The van der Waals surface area contributed by atoms with Crippen molar-refractivity contribution in [3.8, 4) is 0 Å². The minimum absolute atomic E-state index is 0.0741. The Hall–Kier alpha value is -2.99. The Morgan fingerprint density at radius 3 is 2.67 bits per heavy atom. The monoisotopic (exact) mass is 384 g/mol. The van der Waals surface area contributed by atoms with E-state index in [1.54, 1.807) is 43.3 Å². The van der Waals surface area contributed by atoms with Crippen molar-refractivity contribution in [1.82, 2.24) is 15.3 Å². The number of benzene rings is 2. The van der Waals surface area contributed by atoms with Crippen LogP contribution in [-0.4, -0.2) is 15.9 Å². The van der Waals surface area contributed by atoms with E-state index < -0.39 is 5.91 Å². The van der Waals surface area contributed by atoms with E-state index in [4.69, 9.17) is 11.6 Å². The van der Waals surface area contributed by atoms with E-state index in [1.165, 1.54) is 6.07 Å². The third-order valence-electron chi connectivity index (χ3n) is 3.93. The van der Waals surface area contributed by atoms with Crippen molar-refractivity contribution in [2.75, 3.05) is 5.32 Å². The Morgan fingerprint density at radius 1 is 1.11 bits per heavy atom. The summed E-state index contributed by atoms with van der Waals surface area (Å²) in [6.45, 7) is 3.71. The molecule has 3 rings (SSSR count). The van der Waals surface area contributed by atoms with E-state index in [2.05, 4.69) is 20.6 Å². The predicted octanol–water partition coefficient (Wildman–Crippen LogP) is 4.56. The van der Waals surface area contributed by atoms with Crippen molar-refractivity contribution in [3.63, 3.8) is 0 Å². The van der Waals surface area contributed by atoms with Crippen LogP contribution in [0.5, 0.6) is 0 Å². The second-order valence-corrected chi connectivity index (χ2v) is 6.48. The molecule has 27 heavy (non-hydrogen) atoms. The van der Waals surface area contributed by atoms with Gasteiger partial charge in [0.2, 0.25) is 0 Å². The molecule has 0 fully saturated rings. The van der Waals surface area contributed by atoms with Gasteiger partial charge in [0.05, 0.1) is 0 Å². The molecule has 0 aliphatic heterocycles. The van der Waals surface area contributed by atoms with Gasteiger partial charge in [0.25, 0.3) is 5.91 Å². The van der Waals surface area contributed by atoms with E-state index in [9.17, 15) is 9.18 Å². The molecule has 0 saturated heterocycles. The fraction of sp³-hybridized carbons (Fsp3) is 0.150. The molecule has 3 aromatic rings. The van der Waals surface area contributed by atoms with Crippen molar-refractivity contribution < 1.29 is 9.18 Å². The summed E-state index contributed by atoms with van der Waals surface area (Å²) in [6, 6.07) is 13.3. The minimum atomic E-state index is -0.408. The lowest BCUT2D eigenvalue weighted by molar-refractivity contribution is 0.0945. The molecule has 2 N–H and O–H groups in total. The molecule has 0 aliphatic carbocycles. The SMILES string of the molecule is Cc1nc(Nc2cc(Cl)ccc2C)cc(C(=O)NCc2ccccc2F)n1. The first-order valence-corrected chi connectivity index (χ1v) is 8.70. The number of carbonyl (C=O) groups is 1. The number of hydrogen-bond donors (Lipinski definition) is 2. The number of amides is 1. The molecule has 5 nitrogen and oxygen atoms in total. The highest BCUT2D eigenvalue weighted by Crippen LogP contribution is 2.23. The summed E-state index contributed by atoms with van der Waals surface area (Å²) in [7, 11) is 0. The number of nitrogens with zero attached hydrogens (tertiary/aromatic N) is 2. The Kier molecular flexibility index (Phi) is 5.66. The van der Waals surface area contributed by atoms with Gasteiger partial charge in [-0.05, 0) is 37.6 Å². The highest BCUT2D eigenvalue weighted by Gasteiger charge is 2.12. The molecule has 1 heterocycles. The molecule has 0 atom stereocenters. The first-order valence-electron chi connectivity index (χ1n) is 8.33. The summed E-state index contributed by atoms with van der Waals surface area (Å²) in [5.41, 5.74) is 2.38. The van der Waals surface area contributed by atoms with Crippen molar-refractivity contribution in [3.05, 3.63) is 82.0 Å². The standard InChI is InChI=1S/C20H18ClFN4O/c1-12-7-8-15(21)9-17(12)26-19-10-18(24-13(2)25-19)20(27)23-11-14-5-3-4-6-16(14)22/h3-10H,11H2,1-2H3,(H,23,27)(H,24,25,26). The van der Waals surface area contributed by atoms with Crippen LogP contribution in [0, 0.1) is 19.7 Å². The van der Waals surface area contributed by atoms with Crippen molar-refractivity contribution in [2.45, 2.75) is 20.4 Å². The maximum Gasteiger partial charge on any atom is 0.270 e. The zero-order valence-electron chi connectivity index (χ0n) is 14.9. The van der Waals surface area contributed by atoms with E-state index in [-0.39, 0.29) is 18.1 Å². The van der Waals surface area contributed by atoms with E-state index in [1.807, 2.05) is 13.0 Å². The maximum absolute atomic E-state index is 13.7. The van der Waals surface area contributed by atoms with Crippen LogP contribution in [0.1, 0.15) is 27.4 Å². The van der Waals surface area contributed by atoms with Crippen LogP contribution < -0.4 is 10.6 Å². The normalized spacial score (nSPS) is 10.5. The van der Waals surface area contributed by atoms with E-state index in [0.717, 1.165) is 11.3 Å². The number of aryl methyl sites for hydroxylation is 2. The first kappa shape index (κ1) is 18.8. The number of halogens is 2. The molecule has 138 valence electrons. The van der Waals surface area contributed by atoms with Gasteiger partial charge in [-0.2, -0.15) is 0 Å². The lowest BCUT2D eigenvalue weighted by Crippen LogP contribution is -2.25. The number of nitrogens with one attached hydrogen (secondary N) is 2. The Bertz CT molecular complexity index is 993. The molecule has 0 bridgehead atoms. The van der Waals surface area contributed by atoms with Crippen LogP contribution in [0.15, 0.2) is 48.5 Å². The molecule has 0 unspecified atom stereocenters. The topological polar surface area (TPSA) is 66.9 Å². The van der Waals surface area contributed by atoms with Crippen LogP contribution >= 0.6 is 11.6 Å². The summed E-state index contributed by atoms with van der Waals surface area (Å²) in [6.07, 6.45) is 0. The lowest BCUT2D eigenvalue weighted by Gasteiger charge is -2.11. The van der Waals surface area contributed by atoms with Crippen LogP contribution in [0.2, 0.25) is 5.02 Å². The van der Waals surface area contributed by atoms with Gasteiger partial charge in [-0.3, -0.25) is 4.79 Å². The Labute approximate surface area is 161 Å². The van der Waals surface area contributed by atoms with Crippen molar-refractivity contribution in [1.29, 1.82) is 0 Å². The van der Waals surface area contributed by atoms with Gasteiger partial charge >= 0.3 is 0 Å². The summed E-state index contributed by atoms with van der Waals surface area (Å²) in [5.74, 6) is 0.143. The first-order chi connectivity index (χ1) is 12.9. The van der Waals surface area contributed by atoms with Gasteiger partial charge in [-0.25, -0.2) is 14.4 Å². The summed E-state index contributed by atoms with van der Waals surface area (Å²) < 4.78 is 13.7. The van der Waals surface area contributed by atoms with Crippen LogP contribution in [-0.2, 0) is 6.54 Å². The van der Waals surface area contributed by atoms with Crippen LogP contribution in [0.25, 0.3) is 0 Å². The van der Waals surface area contributed by atoms with Crippen LogP contribution in [0.3, 0.4) is 0 Å². The summed E-state index contributed by atoms with van der Waals surface area (Å²) in [4.78, 5) is 20.9. The molecular weight excluding hydrogens is 367 g/mol. The second-order valence-electron chi connectivity index (χ2n) is 6.04. The quantitative estimate of drug-likeness (QED) is 0.676. The highest BCUT2D eigenvalue weighted by molar-refractivity contribution is 6.30. The van der Waals surface area contributed by atoms with Gasteiger partial charge < -0.3 is 10.6 Å². The maximum atomic E-state index is 13.7. The zero-order chi connectivity index (χ0) is 19.4. The molecule has 7 heteroatoms. The number of rotatable bonds is 5. The van der Waals surface area contributed by atoms with E-state index in [0.29, 0.717) is 22.2 Å². The number of aromatic nitrogens is 2. The summed E-state index contributed by atoms with van der Waals surface area (Å²) >= 11 is 6.04. The molecule has 0 radical (unpaired) electrons. The molecule has 0 aliphatic rings. The van der Waals surface area contributed by atoms with Gasteiger partial charge in [0.15, 0.2) is 0 Å². The fourth-order valence-electron chi connectivity index (χ4n) is 2.52. The third kappa shape index (κ3) is 4.80. The average molecular weight is 385 g/mol. The fourth-order valence-corrected chi connectivity index (χ4v) is 2.69. The highest BCUT2D eigenvalue weighted by atomic mass is 35.5. The molecule has 0 saturated carbocycles. The molecule has 0 spiro atoms. The molecule has 2 aromatic carbocycles. The molecular formula is C20H18ClFN4O. The Morgan fingerprint density at radius 2 is 1.89 bits per heavy atom. The lowest BCUT2D eigenvalue weighted by atomic mass is 10.2. The average Bonchev–Trinajstić information content (AvgIpc) is 2.63. The van der Waals surface area contributed by atoms with Gasteiger partial charge in [0.1, 0.15) is 23.2 Å². The van der Waals surface area contributed by atoms with Crippen molar-refractivity contribution >= 4 is 29.0 Å². The second kappa shape index (κ2) is 8.14. The third-order valence-corrected chi connectivity index (χ3v) is 4.17. The molecule has 1 amide bonds. The largest absolute Gasteiger partial charge is 0.347 e. The van der Waals surface area contributed by atoms with E-state index >= 15 is 0 Å². The molecule has 1 aromatic heterocycles. The summed E-state index contributed by atoms with van der Waals surface area (Å²) in [5, 5.41) is 6.43. The number of carbonyl (C=O) groups excluding carboxylic acids is 1. The van der Waals surface area contributed by atoms with Crippen molar-refractivity contribution in [2.24, 2.45) is 0 Å². The smallest absolute Gasteiger partial charge is 0.270 e. The van der Waals surface area contributed by atoms with Gasteiger partial charge in [-0.15, -0.1) is 0 Å². The van der Waals surface area contributed by atoms with Gasteiger partial charge in [-0.1, -0.05) is 35.9 Å².